The van der Waals surface area contributed by atoms with Gasteiger partial charge in [-0.3, -0.25) is 0 Å². The number of hydrogen-bond donors (Lipinski definition) is 0. The molecule has 0 amide bonds. The maximum atomic E-state index is 3.44. The molecule has 0 heterocycles. The summed E-state index contributed by atoms with van der Waals surface area (Å²) in [6, 6.07) is 6.51. The Labute approximate surface area is 70.4 Å². The topological polar surface area (TPSA) is 0 Å². The minimum atomic E-state index is 0.959. The van der Waals surface area contributed by atoms with Crippen LogP contribution in [0.4, 0.5) is 0 Å². The van der Waals surface area contributed by atoms with E-state index < -0.39 is 0 Å². The Kier molecular flexibility index (Phi) is 2.50. The molecule has 1 aromatic carbocycles. The van der Waals surface area contributed by atoms with Gasteiger partial charge in [-0.1, -0.05) is 39.7 Å². The highest BCUT2D eigenvalue weighted by Crippen LogP contribution is 2.13. The van der Waals surface area contributed by atoms with Gasteiger partial charge in [0.1, 0.15) is 0 Å². The maximum Gasteiger partial charge on any atom is 0.0285 e. The third-order valence-corrected chi connectivity index (χ3v) is 2.25. The van der Waals surface area contributed by atoms with Gasteiger partial charge in [-0.05, 0) is 25.0 Å². The molecule has 0 N–H and O–H groups in total. The minimum Gasteiger partial charge on any atom is -0.0876 e. The zero-order valence-electron chi connectivity index (χ0n) is 6.32. The molecule has 0 fully saturated rings. The van der Waals surface area contributed by atoms with Crippen molar-refractivity contribution in [3.8, 4) is 0 Å². The molecule has 0 radical (unpaired) electrons. The maximum absolute atomic E-state index is 3.44. The van der Waals surface area contributed by atoms with Gasteiger partial charge in [0, 0.05) is 5.33 Å². The van der Waals surface area contributed by atoms with E-state index in [0.29, 0.717) is 0 Å². The van der Waals surface area contributed by atoms with Crippen LogP contribution < -0.4 is 0 Å². The lowest BCUT2D eigenvalue weighted by atomic mass is 10.1. The van der Waals surface area contributed by atoms with Crippen LogP contribution in [0.5, 0.6) is 0 Å². The summed E-state index contributed by atoms with van der Waals surface area (Å²) >= 11 is 3.44. The van der Waals surface area contributed by atoms with Gasteiger partial charge in [-0.25, -0.2) is 0 Å². The smallest absolute Gasteiger partial charge is 0.0285 e. The van der Waals surface area contributed by atoms with Crippen molar-refractivity contribution in [1.82, 2.24) is 0 Å². The number of rotatable bonds is 1. The molecule has 0 bridgehead atoms. The van der Waals surface area contributed by atoms with Gasteiger partial charge >= 0.3 is 0 Å². The molecule has 1 heteroatoms. The molecule has 0 nitrogen and oxygen atoms in total. The van der Waals surface area contributed by atoms with Crippen molar-refractivity contribution in [3.63, 3.8) is 0 Å². The van der Waals surface area contributed by atoms with Gasteiger partial charge < -0.3 is 0 Å². The summed E-state index contributed by atoms with van der Waals surface area (Å²) in [5.74, 6) is 0. The van der Waals surface area contributed by atoms with E-state index >= 15 is 0 Å². The zero-order valence-corrected chi connectivity index (χ0v) is 7.90. The summed E-state index contributed by atoms with van der Waals surface area (Å²) in [5, 5.41) is 0.959. The van der Waals surface area contributed by atoms with E-state index in [9.17, 15) is 0 Å². The summed E-state index contributed by atoms with van der Waals surface area (Å²) in [6.07, 6.45) is 0. The predicted octanol–water partition coefficient (Wildman–Crippen LogP) is 3.20. The van der Waals surface area contributed by atoms with Crippen molar-refractivity contribution in [2.24, 2.45) is 0 Å². The number of halogens is 1. The first-order chi connectivity index (χ1) is 4.74. The van der Waals surface area contributed by atoms with E-state index in [-0.39, 0.29) is 0 Å². The Bertz CT molecular complexity index is 228. The second-order valence-corrected chi connectivity index (χ2v) is 3.12. The first kappa shape index (κ1) is 7.80. The van der Waals surface area contributed by atoms with Crippen LogP contribution in [0.15, 0.2) is 18.2 Å². The fraction of sp³-hybridized carbons (Fsp3) is 0.333. The van der Waals surface area contributed by atoms with Crippen molar-refractivity contribution in [1.29, 1.82) is 0 Å². The van der Waals surface area contributed by atoms with Crippen molar-refractivity contribution >= 4 is 15.9 Å². The highest BCUT2D eigenvalue weighted by Gasteiger charge is 1.94. The fourth-order valence-electron chi connectivity index (χ4n) is 0.944. The van der Waals surface area contributed by atoms with Crippen LogP contribution in [-0.2, 0) is 5.33 Å². The number of hydrogen-bond acceptors (Lipinski definition) is 0. The summed E-state index contributed by atoms with van der Waals surface area (Å²) in [4.78, 5) is 0. The average molecular weight is 199 g/mol. The predicted molar refractivity (Wildman–Crippen MR) is 48.5 cm³/mol. The lowest BCUT2D eigenvalue weighted by molar-refractivity contribution is 1.28. The Morgan fingerprint density at radius 2 is 2.00 bits per heavy atom. The molecule has 0 saturated heterocycles. The zero-order chi connectivity index (χ0) is 7.56. The molecule has 1 rings (SSSR count). The Morgan fingerprint density at radius 1 is 1.30 bits per heavy atom. The van der Waals surface area contributed by atoms with Gasteiger partial charge in [-0.2, -0.15) is 0 Å². The first-order valence-electron chi connectivity index (χ1n) is 3.36. The van der Waals surface area contributed by atoms with E-state index in [4.69, 9.17) is 0 Å². The summed E-state index contributed by atoms with van der Waals surface area (Å²) < 4.78 is 0. The lowest BCUT2D eigenvalue weighted by Crippen LogP contribution is -1.84. The number of aryl methyl sites for hydroxylation is 2. The monoisotopic (exact) mass is 198 g/mol. The Morgan fingerprint density at radius 3 is 2.50 bits per heavy atom. The Balaban J connectivity index is 3.09. The SMILES string of the molecule is Cc1ccc(C)c(CBr)c1. The summed E-state index contributed by atoms with van der Waals surface area (Å²) in [6.45, 7) is 4.25. The van der Waals surface area contributed by atoms with Crippen molar-refractivity contribution in [2.45, 2.75) is 19.2 Å². The van der Waals surface area contributed by atoms with Gasteiger partial charge in [0.15, 0.2) is 0 Å². The third-order valence-electron chi connectivity index (χ3n) is 1.65. The molecule has 0 aliphatic heterocycles. The van der Waals surface area contributed by atoms with Crippen LogP contribution in [0.25, 0.3) is 0 Å². The summed E-state index contributed by atoms with van der Waals surface area (Å²) in [7, 11) is 0. The van der Waals surface area contributed by atoms with Gasteiger partial charge in [0.2, 0.25) is 0 Å². The molecule has 0 saturated carbocycles. The summed E-state index contributed by atoms with van der Waals surface area (Å²) in [5.41, 5.74) is 4.09. The molecule has 0 aliphatic rings. The number of alkyl halides is 1. The van der Waals surface area contributed by atoms with Crippen LogP contribution in [0.3, 0.4) is 0 Å². The van der Waals surface area contributed by atoms with Gasteiger partial charge in [-0.15, -0.1) is 0 Å². The molecular formula is C9H11Br. The standard InChI is InChI=1S/C9H11Br/c1-7-3-4-8(2)9(5-7)6-10/h3-5H,6H2,1-2H3. The molecule has 0 unspecified atom stereocenters. The van der Waals surface area contributed by atoms with Gasteiger partial charge in [0.25, 0.3) is 0 Å². The van der Waals surface area contributed by atoms with Crippen LogP contribution in [0, 0.1) is 13.8 Å². The largest absolute Gasteiger partial charge is 0.0876 e. The Hall–Kier alpha value is -0.300. The van der Waals surface area contributed by atoms with Crippen LogP contribution in [-0.4, -0.2) is 0 Å². The van der Waals surface area contributed by atoms with Crippen molar-refractivity contribution in [2.75, 3.05) is 0 Å². The molecule has 10 heavy (non-hydrogen) atoms. The second kappa shape index (κ2) is 3.20. The van der Waals surface area contributed by atoms with Crippen molar-refractivity contribution < 1.29 is 0 Å². The minimum absolute atomic E-state index is 0.959. The molecule has 1 aromatic rings. The highest BCUT2D eigenvalue weighted by atomic mass is 79.9. The van der Waals surface area contributed by atoms with Crippen molar-refractivity contribution in [3.05, 3.63) is 34.9 Å². The average Bonchev–Trinajstić information content (AvgIpc) is 1.94. The van der Waals surface area contributed by atoms with Crippen LogP contribution >= 0.6 is 15.9 Å². The fourth-order valence-corrected chi connectivity index (χ4v) is 1.55. The van der Waals surface area contributed by atoms with E-state index in [0.717, 1.165) is 5.33 Å². The number of benzene rings is 1. The highest BCUT2D eigenvalue weighted by molar-refractivity contribution is 9.08. The van der Waals surface area contributed by atoms with Gasteiger partial charge in [0.05, 0.1) is 0 Å². The van der Waals surface area contributed by atoms with E-state index in [2.05, 4.69) is 48.0 Å². The van der Waals surface area contributed by atoms with E-state index in [1.807, 2.05) is 0 Å². The molecular weight excluding hydrogens is 188 g/mol. The van der Waals surface area contributed by atoms with Crippen LogP contribution in [0.1, 0.15) is 16.7 Å². The van der Waals surface area contributed by atoms with Crippen LogP contribution in [0.2, 0.25) is 0 Å². The molecule has 0 spiro atoms. The molecule has 0 atom stereocenters. The quantitative estimate of drug-likeness (QED) is 0.609. The van der Waals surface area contributed by atoms with E-state index in [1.54, 1.807) is 0 Å². The molecule has 54 valence electrons. The lowest BCUT2D eigenvalue weighted by Gasteiger charge is -2.01. The van der Waals surface area contributed by atoms with E-state index in [1.165, 1.54) is 16.7 Å². The third kappa shape index (κ3) is 1.60. The second-order valence-electron chi connectivity index (χ2n) is 2.56. The normalized spacial score (nSPS) is 9.90. The molecule has 0 aliphatic carbocycles. The first-order valence-corrected chi connectivity index (χ1v) is 4.48. The molecule has 0 aromatic heterocycles.